The van der Waals surface area contributed by atoms with Crippen molar-refractivity contribution in [2.75, 3.05) is 18.8 Å². The highest BCUT2D eigenvalue weighted by Crippen LogP contribution is 2.48. The highest BCUT2D eigenvalue weighted by atomic mass is 32.2. The van der Waals surface area contributed by atoms with Gasteiger partial charge in [0.2, 0.25) is 5.82 Å². The third kappa shape index (κ3) is 6.38. The number of pyridine rings is 1. The van der Waals surface area contributed by atoms with Crippen LogP contribution in [-0.4, -0.2) is 58.3 Å². The molecule has 2 N–H and O–H groups in total. The van der Waals surface area contributed by atoms with Gasteiger partial charge in [-0.05, 0) is 56.9 Å². The van der Waals surface area contributed by atoms with Gasteiger partial charge < -0.3 is 9.84 Å². The van der Waals surface area contributed by atoms with Crippen LogP contribution >= 0.6 is 11.3 Å². The number of rotatable bonds is 8. The highest BCUT2D eigenvalue weighted by Gasteiger charge is 2.45. The van der Waals surface area contributed by atoms with Gasteiger partial charge in [0, 0.05) is 59.6 Å². The minimum atomic E-state index is -4.57. The summed E-state index contributed by atoms with van der Waals surface area (Å²) in [5, 5.41) is 14.0. The monoisotopic (exact) mass is 625 g/mol. The number of ether oxygens (including phenoxy) is 1. The molecule has 0 bridgehead atoms. The summed E-state index contributed by atoms with van der Waals surface area (Å²) in [6, 6.07) is 5.04. The van der Waals surface area contributed by atoms with Crippen LogP contribution in [0, 0.1) is 0 Å². The Morgan fingerprint density at radius 2 is 1.88 bits per heavy atom. The van der Waals surface area contributed by atoms with Crippen molar-refractivity contribution in [3.05, 3.63) is 69.2 Å². The summed E-state index contributed by atoms with van der Waals surface area (Å²) in [5.74, 6) is -1.14. The van der Waals surface area contributed by atoms with Crippen molar-refractivity contribution in [1.82, 2.24) is 25.2 Å². The minimum absolute atomic E-state index is 0.000507. The standard InChI is InChI=1S/C28H34F3N5O4S2/c1-4-42(38,39)22-6-5-21(32-16-22)15-33-25(37)23-12-19-11-17(2)40-27(24(19)41-23)7-9-36(10-8-27)18(3)20-13-34-26(35-14-20)28(29,30)31/h5-6,12-14,16-18,25,33,37H,4,7-11,15H2,1-3H3/t17-,18+,25?/m0/s1. The zero-order valence-corrected chi connectivity index (χ0v) is 25.2. The van der Waals surface area contributed by atoms with Crippen LogP contribution in [0.2, 0.25) is 0 Å². The Bertz CT molecular complexity index is 1490. The van der Waals surface area contributed by atoms with Crippen molar-refractivity contribution < 1.29 is 31.4 Å². The molecule has 0 saturated carbocycles. The van der Waals surface area contributed by atoms with Crippen LogP contribution in [0.15, 0.2) is 41.7 Å². The fourth-order valence-electron chi connectivity index (χ4n) is 5.61. The lowest BCUT2D eigenvalue weighted by atomic mass is 9.83. The number of aliphatic hydroxyl groups excluding tert-OH is 1. The summed E-state index contributed by atoms with van der Waals surface area (Å²) in [7, 11) is -3.33. The molecule has 2 aliphatic heterocycles. The number of hydrogen-bond donors (Lipinski definition) is 2. The van der Waals surface area contributed by atoms with Gasteiger partial charge in [-0.25, -0.2) is 18.4 Å². The number of aliphatic hydroxyl groups is 1. The third-order valence-corrected chi connectivity index (χ3v) is 11.2. The lowest BCUT2D eigenvalue weighted by Gasteiger charge is -2.47. The third-order valence-electron chi connectivity index (χ3n) is 8.02. The van der Waals surface area contributed by atoms with Crippen LogP contribution in [0.3, 0.4) is 0 Å². The first-order valence-electron chi connectivity index (χ1n) is 13.8. The van der Waals surface area contributed by atoms with E-state index in [0.29, 0.717) is 37.2 Å². The van der Waals surface area contributed by atoms with Gasteiger partial charge in [-0.3, -0.25) is 15.2 Å². The van der Waals surface area contributed by atoms with Gasteiger partial charge in [0.25, 0.3) is 0 Å². The molecule has 0 amide bonds. The molecule has 1 unspecified atom stereocenters. The van der Waals surface area contributed by atoms with E-state index in [1.165, 1.54) is 36.0 Å². The molecule has 14 heteroatoms. The second kappa shape index (κ2) is 11.9. The number of thiophene rings is 1. The fourth-order valence-corrected chi connectivity index (χ4v) is 7.77. The summed E-state index contributed by atoms with van der Waals surface area (Å²) in [5.41, 5.74) is 1.89. The van der Waals surface area contributed by atoms with Gasteiger partial charge in [-0.2, -0.15) is 13.2 Å². The number of aromatic nitrogens is 3. The number of alkyl halides is 3. The molecule has 0 aromatic carbocycles. The van der Waals surface area contributed by atoms with Crippen molar-refractivity contribution in [3.8, 4) is 0 Å². The fraction of sp³-hybridized carbons (Fsp3) is 0.536. The molecule has 5 heterocycles. The molecule has 3 aromatic heterocycles. The largest absolute Gasteiger partial charge is 0.451 e. The molecule has 5 rings (SSSR count). The summed E-state index contributed by atoms with van der Waals surface area (Å²) < 4.78 is 69.2. The molecule has 228 valence electrons. The maximum Gasteiger partial charge on any atom is 0.451 e. The Morgan fingerprint density at radius 3 is 2.48 bits per heavy atom. The Morgan fingerprint density at radius 1 is 1.19 bits per heavy atom. The van der Waals surface area contributed by atoms with E-state index in [4.69, 9.17) is 4.74 Å². The number of nitrogens with zero attached hydrogens (tertiary/aromatic N) is 4. The number of nitrogens with one attached hydrogen (secondary N) is 1. The molecule has 1 spiro atoms. The van der Waals surface area contributed by atoms with Crippen LogP contribution < -0.4 is 5.32 Å². The molecule has 9 nitrogen and oxygen atoms in total. The second-order valence-corrected chi connectivity index (χ2v) is 14.2. The predicted octanol–water partition coefficient (Wildman–Crippen LogP) is 4.54. The van der Waals surface area contributed by atoms with E-state index in [2.05, 4.69) is 25.2 Å². The minimum Gasteiger partial charge on any atom is -0.373 e. The molecular formula is C28H34F3N5O4S2. The molecule has 1 fully saturated rings. The molecule has 2 aliphatic rings. The Kier molecular flexibility index (Phi) is 8.76. The number of halogens is 3. The van der Waals surface area contributed by atoms with Crippen LogP contribution in [0.25, 0.3) is 0 Å². The van der Waals surface area contributed by atoms with Crippen LogP contribution in [0.5, 0.6) is 0 Å². The maximum atomic E-state index is 12.9. The highest BCUT2D eigenvalue weighted by molar-refractivity contribution is 7.91. The van der Waals surface area contributed by atoms with Gasteiger partial charge in [0.1, 0.15) is 11.8 Å². The normalized spacial score (nSPS) is 20.8. The average molecular weight is 626 g/mol. The number of likely N-dealkylation sites (tertiary alicyclic amines) is 1. The molecule has 42 heavy (non-hydrogen) atoms. The maximum absolute atomic E-state index is 12.9. The van der Waals surface area contributed by atoms with Crippen molar-refractivity contribution in [1.29, 1.82) is 0 Å². The van der Waals surface area contributed by atoms with E-state index in [1.54, 1.807) is 13.0 Å². The first-order chi connectivity index (χ1) is 19.8. The summed E-state index contributed by atoms with van der Waals surface area (Å²) >= 11 is 1.52. The zero-order chi connectivity index (χ0) is 30.3. The van der Waals surface area contributed by atoms with E-state index in [-0.39, 0.29) is 29.3 Å². The predicted molar refractivity (Wildman–Crippen MR) is 150 cm³/mol. The number of hydrogen-bond acceptors (Lipinski definition) is 10. The molecule has 3 aromatic rings. The van der Waals surface area contributed by atoms with Crippen LogP contribution in [0.1, 0.15) is 78.3 Å². The Hall–Kier alpha value is -2.49. The topological polar surface area (TPSA) is 118 Å². The molecule has 0 radical (unpaired) electrons. The molecular weight excluding hydrogens is 591 g/mol. The number of sulfone groups is 1. The summed E-state index contributed by atoms with van der Waals surface area (Å²) in [6.45, 7) is 7.18. The summed E-state index contributed by atoms with van der Waals surface area (Å²) in [6.07, 6.45) is 0.472. The van der Waals surface area contributed by atoms with Crippen molar-refractivity contribution in [2.24, 2.45) is 0 Å². The van der Waals surface area contributed by atoms with E-state index in [1.807, 2.05) is 19.9 Å². The van der Waals surface area contributed by atoms with Gasteiger partial charge >= 0.3 is 6.18 Å². The smallest absolute Gasteiger partial charge is 0.373 e. The van der Waals surface area contributed by atoms with Crippen LogP contribution in [-0.2, 0) is 39.3 Å². The van der Waals surface area contributed by atoms with Crippen molar-refractivity contribution in [3.63, 3.8) is 0 Å². The van der Waals surface area contributed by atoms with E-state index >= 15 is 0 Å². The molecule has 1 saturated heterocycles. The molecule has 3 atom stereocenters. The summed E-state index contributed by atoms with van der Waals surface area (Å²) in [4.78, 5) is 15.5. The lowest BCUT2D eigenvalue weighted by Crippen LogP contribution is -2.48. The first kappa shape index (κ1) is 31.0. The van der Waals surface area contributed by atoms with Gasteiger partial charge in [0.05, 0.1) is 22.4 Å². The number of fused-ring (bicyclic) bond motifs is 2. The zero-order valence-electron chi connectivity index (χ0n) is 23.6. The van der Waals surface area contributed by atoms with E-state index in [0.717, 1.165) is 21.7 Å². The van der Waals surface area contributed by atoms with E-state index < -0.39 is 33.7 Å². The van der Waals surface area contributed by atoms with Gasteiger partial charge in [0.15, 0.2) is 9.84 Å². The first-order valence-corrected chi connectivity index (χ1v) is 16.3. The second-order valence-electron chi connectivity index (χ2n) is 10.9. The van der Waals surface area contributed by atoms with Gasteiger partial charge in [-0.15, -0.1) is 11.3 Å². The van der Waals surface area contributed by atoms with E-state index in [9.17, 15) is 26.7 Å². The Labute approximate surface area is 247 Å². The quantitative estimate of drug-likeness (QED) is 0.348. The molecule has 0 aliphatic carbocycles. The lowest BCUT2D eigenvalue weighted by molar-refractivity contribution is -0.145. The van der Waals surface area contributed by atoms with Crippen molar-refractivity contribution >= 4 is 21.2 Å². The number of piperidine rings is 1. The average Bonchev–Trinajstić information content (AvgIpc) is 3.41. The van der Waals surface area contributed by atoms with Gasteiger partial charge in [-0.1, -0.05) is 6.92 Å². The Balaban J connectivity index is 1.25. The van der Waals surface area contributed by atoms with Crippen molar-refractivity contribution in [2.45, 2.75) is 81.6 Å². The van der Waals surface area contributed by atoms with Crippen LogP contribution in [0.4, 0.5) is 13.2 Å². The SMILES string of the molecule is CCS(=O)(=O)c1ccc(CNC(O)c2cc3c(s2)C2(CCN([C@H](C)c4cnc(C(F)(F)F)nc4)CC2)O[C@@H](C)C3)nc1.